The van der Waals surface area contributed by atoms with Crippen molar-refractivity contribution in [2.24, 2.45) is 0 Å². The molecule has 0 aliphatic carbocycles. The number of alkyl halides is 3. The van der Waals surface area contributed by atoms with Gasteiger partial charge in [0.05, 0.1) is 24.6 Å². The van der Waals surface area contributed by atoms with E-state index in [1.165, 1.54) is 31.4 Å². The van der Waals surface area contributed by atoms with Crippen molar-refractivity contribution in [2.75, 3.05) is 7.11 Å². The van der Waals surface area contributed by atoms with Gasteiger partial charge >= 0.3 is 6.18 Å². The van der Waals surface area contributed by atoms with E-state index in [4.69, 9.17) is 16.3 Å². The van der Waals surface area contributed by atoms with Crippen molar-refractivity contribution in [3.05, 3.63) is 88.7 Å². The van der Waals surface area contributed by atoms with Crippen LogP contribution >= 0.6 is 11.6 Å². The molecule has 1 amide bonds. The predicted molar refractivity (Wildman–Crippen MR) is 115 cm³/mol. The van der Waals surface area contributed by atoms with Gasteiger partial charge in [-0.2, -0.15) is 18.3 Å². The van der Waals surface area contributed by atoms with E-state index in [0.717, 1.165) is 17.0 Å². The number of carbonyl (C=O) groups is 1. The molecular weight excluding hydrogens is 443 g/mol. The van der Waals surface area contributed by atoms with Crippen LogP contribution in [0.25, 0.3) is 16.5 Å². The highest BCUT2D eigenvalue weighted by Crippen LogP contribution is 2.34. The van der Waals surface area contributed by atoms with Crippen LogP contribution in [-0.4, -0.2) is 22.8 Å². The number of nitrogens with zero attached hydrogens (tertiary/aromatic N) is 2. The highest BCUT2D eigenvalue weighted by atomic mass is 35.5. The van der Waals surface area contributed by atoms with Crippen molar-refractivity contribution in [1.82, 2.24) is 15.1 Å². The maximum Gasteiger partial charge on any atom is 0.434 e. The van der Waals surface area contributed by atoms with Crippen LogP contribution in [0.3, 0.4) is 0 Å². The van der Waals surface area contributed by atoms with E-state index in [1.54, 1.807) is 6.07 Å². The van der Waals surface area contributed by atoms with E-state index >= 15 is 0 Å². The number of benzene rings is 3. The predicted octanol–water partition coefficient (Wildman–Crippen LogP) is 5.64. The van der Waals surface area contributed by atoms with E-state index in [9.17, 15) is 18.0 Å². The van der Waals surface area contributed by atoms with Gasteiger partial charge in [0.25, 0.3) is 5.91 Å². The molecule has 1 aromatic heterocycles. The summed E-state index contributed by atoms with van der Waals surface area (Å²) in [6.45, 7) is -0.0210. The van der Waals surface area contributed by atoms with Crippen molar-refractivity contribution < 1.29 is 22.7 Å². The van der Waals surface area contributed by atoms with Gasteiger partial charge in [-0.25, -0.2) is 4.68 Å². The second-order valence-electron chi connectivity index (χ2n) is 6.94. The number of carbonyl (C=O) groups excluding carboxylic acids is 1. The van der Waals surface area contributed by atoms with Gasteiger partial charge in [0.1, 0.15) is 5.75 Å². The molecule has 9 heteroatoms. The van der Waals surface area contributed by atoms with E-state index < -0.39 is 23.3 Å². The molecule has 4 aromatic rings. The molecule has 4 rings (SSSR count). The molecule has 0 fully saturated rings. The maximum absolute atomic E-state index is 13.9. The van der Waals surface area contributed by atoms with Crippen LogP contribution in [-0.2, 0) is 12.7 Å². The van der Waals surface area contributed by atoms with Crippen LogP contribution in [0.2, 0.25) is 5.02 Å². The normalized spacial score (nSPS) is 11.5. The second-order valence-corrected chi connectivity index (χ2v) is 7.38. The minimum absolute atomic E-state index is 0.0210. The van der Waals surface area contributed by atoms with Gasteiger partial charge in [-0.3, -0.25) is 4.79 Å². The van der Waals surface area contributed by atoms with E-state index in [-0.39, 0.29) is 12.2 Å². The van der Waals surface area contributed by atoms with E-state index in [2.05, 4.69) is 10.4 Å². The molecule has 0 radical (unpaired) electrons. The van der Waals surface area contributed by atoms with Crippen LogP contribution in [0, 0.1) is 0 Å². The lowest BCUT2D eigenvalue weighted by atomic mass is 10.0. The minimum atomic E-state index is -4.81. The summed E-state index contributed by atoms with van der Waals surface area (Å²) in [6.07, 6.45) is -3.90. The van der Waals surface area contributed by atoms with Crippen molar-refractivity contribution >= 4 is 28.3 Å². The zero-order valence-corrected chi connectivity index (χ0v) is 17.5. The van der Waals surface area contributed by atoms with Gasteiger partial charge in [0.2, 0.25) is 0 Å². The molecule has 1 N–H and O–H groups in total. The summed E-state index contributed by atoms with van der Waals surface area (Å²) >= 11 is 5.82. The molecule has 0 bridgehead atoms. The van der Waals surface area contributed by atoms with Gasteiger partial charge in [-0.1, -0.05) is 41.9 Å². The Hall–Kier alpha value is -3.52. The van der Waals surface area contributed by atoms with Crippen LogP contribution in [0.4, 0.5) is 13.2 Å². The smallest absolute Gasteiger partial charge is 0.434 e. The van der Waals surface area contributed by atoms with Crippen molar-refractivity contribution in [2.45, 2.75) is 12.7 Å². The second kappa shape index (κ2) is 8.55. The van der Waals surface area contributed by atoms with Crippen LogP contribution < -0.4 is 10.1 Å². The number of amides is 1. The van der Waals surface area contributed by atoms with E-state index in [0.29, 0.717) is 21.0 Å². The van der Waals surface area contributed by atoms with Gasteiger partial charge in [-0.15, -0.1) is 0 Å². The summed E-state index contributed by atoms with van der Waals surface area (Å²) in [5.74, 6) is -0.371. The summed E-state index contributed by atoms with van der Waals surface area (Å²) in [5, 5.41) is 8.51. The monoisotopic (exact) mass is 459 g/mol. The molecule has 32 heavy (non-hydrogen) atoms. The van der Waals surface area contributed by atoms with Crippen LogP contribution in [0.5, 0.6) is 5.75 Å². The van der Waals surface area contributed by atoms with Crippen LogP contribution in [0.1, 0.15) is 21.6 Å². The molecule has 0 atom stereocenters. The molecule has 0 saturated heterocycles. The number of methoxy groups -OCH3 is 1. The number of aromatic nitrogens is 2. The third kappa shape index (κ3) is 4.13. The Kier molecular flexibility index (Phi) is 5.80. The number of hydrogen-bond acceptors (Lipinski definition) is 3. The fraction of sp³-hybridized carbons (Fsp3) is 0.130. The summed E-state index contributed by atoms with van der Waals surface area (Å²) in [7, 11) is 1.49. The molecule has 164 valence electrons. The molecule has 1 heterocycles. The first-order valence-electron chi connectivity index (χ1n) is 9.53. The summed E-state index contributed by atoms with van der Waals surface area (Å²) in [5.41, 5.74) is -0.942. The Morgan fingerprint density at radius 2 is 1.81 bits per heavy atom. The minimum Gasteiger partial charge on any atom is -0.496 e. The highest BCUT2D eigenvalue weighted by molar-refractivity contribution is 6.30. The SMILES string of the molecule is COc1ccc2ccccc2c1CNC(=O)c1cnn(-c2ccc(Cl)cc2)c1C(F)(F)F. The molecule has 0 unspecified atom stereocenters. The zero-order valence-electron chi connectivity index (χ0n) is 16.8. The number of ether oxygens (including phenoxy) is 1. The zero-order chi connectivity index (χ0) is 22.9. The highest BCUT2D eigenvalue weighted by Gasteiger charge is 2.40. The first-order chi connectivity index (χ1) is 15.3. The lowest BCUT2D eigenvalue weighted by molar-refractivity contribution is -0.143. The summed E-state index contributed by atoms with van der Waals surface area (Å²) in [4.78, 5) is 12.8. The topological polar surface area (TPSA) is 56.1 Å². The fourth-order valence-corrected chi connectivity index (χ4v) is 3.64. The Morgan fingerprint density at radius 3 is 2.50 bits per heavy atom. The number of rotatable bonds is 5. The van der Waals surface area contributed by atoms with Gasteiger partial charge in [0.15, 0.2) is 5.69 Å². The summed E-state index contributed by atoms with van der Waals surface area (Å²) < 4.78 is 47.7. The third-order valence-corrected chi connectivity index (χ3v) is 5.25. The fourth-order valence-electron chi connectivity index (χ4n) is 3.52. The maximum atomic E-state index is 13.9. The molecule has 3 aromatic carbocycles. The van der Waals surface area contributed by atoms with Crippen molar-refractivity contribution in [3.8, 4) is 11.4 Å². The number of halogens is 4. The molecule has 0 saturated carbocycles. The average Bonchev–Trinajstić information content (AvgIpc) is 3.23. The van der Waals surface area contributed by atoms with Gasteiger partial charge in [-0.05, 0) is 41.1 Å². The summed E-state index contributed by atoms with van der Waals surface area (Å²) in [6, 6.07) is 16.8. The first-order valence-corrected chi connectivity index (χ1v) is 9.91. The molecule has 0 aliphatic rings. The first kappa shape index (κ1) is 21.7. The molecule has 0 aliphatic heterocycles. The van der Waals surface area contributed by atoms with Gasteiger partial charge in [0, 0.05) is 17.1 Å². The molecule has 0 spiro atoms. The quantitative estimate of drug-likeness (QED) is 0.420. The average molecular weight is 460 g/mol. The Morgan fingerprint density at radius 1 is 1.09 bits per heavy atom. The number of nitrogens with one attached hydrogen (secondary N) is 1. The van der Waals surface area contributed by atoms with E-state index in [1.807, 2.05) is 30.3 Å². The molecular formula is C23H17ClF3N3O2. The third-order valence-electron chi connectivity index (χ3n) is 5.00. The van der Waals surface area contributed by atoms with Crippen molar-refractivity contribution in [1.29, 1.82) is 0 Å². The van der Waals surface area contributed by atoms with Crippen molar-refractivity contribution in [3.63, 3.8) is 0 Å². The molecule has 5 nitrogen and oxygen atoms in total. The Balaban J connectivity index is 1.68. The Bertz CT molecular complexity index is 1280. The Labute approximate surface area is 186 Å². The number of hydrogen-bond donors (Lipinski definition) is 1. The lowest BCUT2D eigenvalue weighted by Gasteiger charge is -2.15. The number of fused-ring (bicyclic) bond motifs is 1. The van der Waals surface area contributed by atoms with Gasteiger partial charge < -0.3 is 10.1 Å². The largest absolute Gasteiger partial charge is 0.496 e. The standard InChI is InChI=1S/C23H17ClF3N3O2/c1-32-20-11-6-14-4-2-3-5-17(14)18(20)12-28-22(31)19-13-29-30(21(19)23(25,26)27)16-9-7-15(24)8-10-16/h2-11,13H,12H2,1H3,(H,28,31). The lowest BCUT2D eigenvalue weighted by Crippen LogP contribution is -2.26. The van der Waals surface area contributed by atoms with Crippen LogP contribution in [0.15, 0.2) is 66.9 Å².